The van der Waals surface area contributed by atoms with Crippen LogP contribution in [-0.4, -0.2) is 38.6 Å². The van der Waals surface area contributed by atoms with Gasteiger partial charge in [-0.05, 0) is 171 Å². The first-order chi connectivity index (χ1) is 60.2. The number of nitrogens with zero attached hydrogens (tertiary/aromatic N) is 8. The normalized spacial score (nSPS) is 12.6. The molecular weight excluding hydrogens is 1520 g/mol. The molecule has 7 heterocycles. The Kier molecular flexibility index (Phi) is 15.6. The summed E-state index contributed by atoms with van der Waals surface area (Å²) in [5.74, 6) is 2.53. The molecule has 10 heteroatoms. The molecule has 24 aromatic rings. The van der Waals surface area contributed by atoms with Crippen molar-refractivity contribution >= 4 is 128 Å². The summed E-state index contributed by atoms with van der Waals surface area (Å²) >= 11 is 3.62. The van der Waals surface area contributed by atoms with Crippen molar-refractivity contribution < 1.29 is 0 Å². The molecule has 0 radical (unpaired) electrons. The van der Waals surface area contributed by atoms with Crippen LogP contribution in [-0.2, 0) is 5.41 Å². The smallest absolute Gasteiger partial charge is 0.165 e. The van der Waals surface area contributed by atoms with Crippen molar-refractivity contribution in [2.45, 2.75) is 19.3 Å². The highest BCUT2D eigenvalue weighted by Gasteiger charge is 2.37. The highest BCUT2D eigenvalue weighted by molar-refractivity contribution is 7.26. The summed E-state index contributed by atoms with van der Waals surface area (Å²) in [6.45, 7) is 4.75. The third kappa shape index (κ3) is 11.1. The average Bonchev–Trinajstić information content (AvgIpc) is 1.54. The molecule has 7 aromatic heterocycles. The van der Waals surface area contributed by atoms with Crippen LogP contribution in [0.15, 0.2) is 388 Å². The average molecular weight is 1590 g/mol. The molecule has 0 saturated heterocycles. The van der Waals surface area contributed by atoms with E-state index in [9.17, 15) is 0 Å². The first-order valence-electron chi connectivity index (χ1n) is 41.5. The molecule has 0 atom stereocenters. The maximum atomic E-state index is 5.69. The zero-order valence-corrected chi connectivity index (χ0v) is 68.0. The van der Waals surface area contributed by atoms with Crippen LogP contribution >= 0.6 is 22.7 Å². The largest absolute Gasteiger partial charge is 0.309 e. The van der Waals surface area contributed by atoms with Gasteiger partial charge in [-0.25, -0.2) is 24.9 Å². The van der Waals surface area contributed by atoms with Crippen molar-refractivity contribution in [1.82, 2.24) is 38.6 Å². The van der Waals surface area contributed by atoms with Crippen molar-refractivity contribution in [2.75, 3.05) is 0 Å². The van der Waals surface area contributed by atoms with Crippen molar-refractivity contribution in [3.63, 3.8) is 0 Å². The molecule has 0 aliphatic heterocycles. The Morgan fingerprint density at radius 3 is 1.25 bits per heavy atom. The van der Waals surface area contributed by atoms with E-state index in [1.165, 1.54) is 85.1 Å². The third-order valence-electron chi connectivity index (χ3n) is 25.3. The number of thiophene rings is 2. The second kappa shape index (κ2) is 27.4. The number of hydrogen-bond donors (Lipinski definition) is 0. The Morgan fingerprint density at radius 1 is 0.205 bits per heavy atom. The van der Waals surface area contributed by atoms with E-state index in [4.69, 9.17) is 24.9 Å². The molecule has 0 bridgehead atoms. The third-order valence-corrected chi connectivity index (χ3v) is 27.7. The Balaban J connectivity index is 0.589. The summed E-state index contributed by atoms with van der Waals surface area (Å²) in [6, 6.07) is 141. The number of para-hydroxylation sites is 2. The zero-order valence-electron chi connectivity index (χ0n) is 66.3. The fourth-order valence-corrected chi connectivity index (χ4v) is 21.8. The Labute approximate surface area is 710 Å². The van der Waals surface area contributed by atoms with Gasteiger partial charge in [0.2, 0.25) is 0 Å². The second-order valence-corrected chi connectivity index (χ2v) is 34.7. The molecule has 122 heavy (non-hydrogen) atoms. The van der Waals surface area contributed by atoms with Gasteiger partial charge in [0.1, 0.15) is 0 Å². The van der Waals surface area contributed by atoms with Crippen LogP contribution in [0.5, 0.6) is 0 Å². The second-order valence-electron chi connectivity index (χ2n) is 32.6. The Hall–Kier alpha value is -15.3. The highest BCUT2D eigenvalue weighted by atomic mass is 32.1. The van der Waals surface area contributed by atoms with Crippen LogP contribution in [0.4, 0.5) is 0 Å². The monoisotopic (exact) mass is 1590 g/mol. The summed E-state index contributed by atoms with van der Waals surface area (Å²) in [6.07, 6.45) is 0. The van der Waals surface area contributed by atoms with Gasteiger partial charge in [-0.3, -0.25) is 0 Å². The summed E-state index contributed by atoms with van der Waals surface area (Å²) in [5, 5.41) is 11.9. The molecule has 0 fully saturated rings. The molecule has 17 aromatic carbocycles. The summed E-state index contributed by atoms with van der Waals surface area (Å²) in [7, 11) is 0. The maximum Gasteiger partial charge on any atom is 0.165 e. The molecule has 0 saturated carbocycles. The van der Waals surface area contributed by atoms with Crippen molar-refractivity contribution in [1.29, 1.82) is 0 Å². The zero-order chi connectivity index (χ0) is 80.4. The van der Waals surface area contributed by atoms with Crippen molar-refractivity contribution in [3.8, 4) is 130 Å². The van der Waals surface area contributed by atoms with Gasteiger partial charge in [0.25, 0.3) is 0 Å². The highest BCUT2D eigenvalue weighted by Crippen LogP contribution is 2.53. The number of benzene rings is 17. The molecule has 8 nitrogen and oxygen atoms in total. The number of fused-ring (bicyclic) bond motifs is 18. The number of hydrogen-bond acceptors (Lipinski definition) is 7. The summed E-state index contributed by atoms with van der Waals surface area (Å²) < 4.78 is 12.1. The lowest BCUT2D eigenvalue weighted by atomic mass is 9.82. The SMILES string of the molecule is CC1(C)c2ccccc2-c2cc3c4ccccc4n(-c4cc(-c5cc(-c6ccccc6)nc(-c6cccc(-c7ccc(-n8c9ccccc9c9cc(-c%10ccc%11c(c%10)c%10ccc(-c%12ccccc%12)cc%10n%11-c%10cc(-c%11nc(-c%12ccccc%12)nc(-c%12ccccc%12)n%11)c%11sc%12ccccc%12c%11c%10)ccc98)cc7)c6)n5)c5sc6ccccc6c5c4)c3cc21. The van der Waals surface area contributed by atoms with Gasteiger partial charge in [-0.15, -0.1) is 22.7 Å². The van der Waals surface area contributed by atoms with E-state index in [1.807, 2.05) is 47.7 Å². The first-order valence-corrected chi connectivity index (χ1v) is 43.1. The van der Waals surface area contributed by atoms with Gasteiger partial charge < -0.3 is 13.7 Å². The van der Waals surface area contributed by atoms with Crippen molar-refractivity contribution in [2.24, 2.45) is 0 Å². The van der Waals surface area contributed by atoms with Gasteiger partial charge in [0.05, 0.1) is 44.5 Å². The molecule has 0 amide bonds. The van der Waals surface area contributed by atoms with Gasteiger partial charge in [0.15, 0.2) is 23.3 Å². The Bertz CT molecular complexity index is 8410. The fourth-order valence-electron chi connectivity index (χ4n) is 19.4. The molecule has 1 aliphatic carbocycles. The van der Waals surface area contributed by atoms with Crippen LogP contribution in [0.25, 0.3) is 235 Å². The van der Waals surface area contributed by atoms with Crippen LogP contribution in [0.1, 0.15) is 25.0 Å². The van der Waals surface area contributed by atoms with Gasteiger partial charge in [-0.2, -0.15) is 0 Å². The minimum atomic E-state index is -0.173. The molecule has 0 spiro atoms. The molecule has 1 aliphatic rings. The predicted octanol–water partition coefficient (Wildman–Crippen LogP) is 30.0. The molecule has 570 valence electrons. The van der Waals surface area contributed by atoms with Crippen LogP contribution < -0.4 is 0 Å². The minimum absolute atomic E-state index is 0.173. The van der Waals surface area contributed by atoms with E-state index in [1.54, 1.807) is 11.3 Å². The van der Waals surface area contributed by atoms with Gasteiger partial charge >= 0.3 is 0 Å². The molecular formula is C112H70N8S2. The predicted molar refractivity (Wildman–Crippen MR) is 511 cm³/mol. The topological polar surface area (TPSA) is 79.2 Å². The first kappa shape index (κ1) is 69.8. The quantitative estimate of drug-likeness (QED) is 0.122. The lowest BCUT2D eigenvalue weighted by Gasteiger charge is -2.21. The minimum Gasteiger partial charge on any atom is -0.309 e. The standard InChI is InChI=1S/C112H70N8S2/c1-112(2)94-41-20-15-36-80(94)86-64-89-82-38-17-22-43-99(82)119(103(89)65-95(86)112)78-60-90-84-39-18-23-44-104(84)121-106(90)92(62-78)97-66-96(69-28-9-4-10-29-69)113-110(114-97)76-35-25-34-72(56-76)68-46-51-77(52-47-68)118-98-42-21-16-37-81(98)87-57-73(49-54-100(87)118)74-50-55-101-88(58-74)83-53-48-75(67-26-7-3-8-27-67)59-102(83)120(101)79-61-91-85-40-19-24-45-105(85)122-107(91)93(63-79)111-116-108(70-30-11-5-12-31-70)115-109(117-111)71-32-13-6-14-33-71/h3-66H,1-2H3. The summed E-state index contributed by atoms with van der Waals surface area (Å²) in [5.41, 5.74) is 29.4. The van der Waals surface area contributed by atoms with Crippen molar-refractivity contribution in [3.05, 3.63) is 399 Å². The van der Waals surface area contributed by atoms with E-state index in [0.29, 0.717) is 23.3 Å². The molecule has 25 rings (SSSR count). The Morgan fingerprint density at radius 2 is 0.623 bits per heavy atom. The van der Waals surface area contributed by atoms with E-state index in [-0.39, 0.29) is 5.41 Å². The lowest BCUT2D eigenvalue weighted by Crippen LogP contribution is -2.14. The van der Waals surface area contributed by atoms with E-state index >= 15 is 0 Å². The maximum absolute atomic E-state index is 5.69. The summed E-state index contributed by atoms with van der Waals surface area (Å²) in [4.78, 5) is 27.1. The molecule has 0 N–H and O–H groups in total. The van der Waals surface area contributed by atoms with E-state index < -0.39 is 0 Å². The van der Waals surface area contributed by atoms with Crippen LogP contribution in [0, 0.1) is 0 Å². The lowest BCUT2D eigenvalue weighted by molar-refractivity contribution is 0.661. The van der Waals surface area contributed by atoms with Crippen LogP contribution in [0.3, 0.4) is 0 Å². The number of aromatic nitrogens is 8. The fraction of sp³-hybridized carbons (Fsp3) is 0.0268. The van der Waals surface area contributed by atoms with E-state index in [0.717, 1.165) is 138 Å². The van der Waals surface area contributed by atoms with Gasteiger partial charge in [-0.1, -0.05) is 287 Å². The van der Waals surface area contributed by atoms with Crippen LogP contribution in [0.2, 0.25) is 0 Å². The van der Waals surface area contributed by atoms with E-state index in [2.05, 4.69) is 379 Å². The van der Waals surface area contributed by atoms with Gasteiger partial charge in [0, 0.05) is 129 Å². The number of rotatable bonds is 12. The molecule has 0 unspecified atom stereocenters.